The highest BCUT2D eigenvalue weighted by molar-refractivity contribution is 5.90. The number of benzene rings is 1. The van der Waals surface area contributed by atoms with Gasteiger partial charge in [-0.25, -0.2) is 0 Å². The maximum Gasteiger partial charge on any atom is 0.224 e. The van der Waals surface area contributed by atoms with Gasteiger partial charge in [0.15, 0.2) is 0 Å². The van der Waals surface area contributed by atoms with Crippen LogP contribution in [0.4, 0.5) is 5.69 Å². The van der Waals surface area contributed by atoms with Crippen molar-refractivity contribution in [2.75, 3.05) is 18.5 Å². The summed E-state index contributed by atoms with van der Waals surface area (Å²) in [4.78, 5) is 11.8. The fourth-order valence-corrected chi connectivity index (χ4v) is 2.47. The standard InChI is InChI=1S/C17H26N2O2/c18-13-15-6-2-7-16(12-15)19-17(20)8-3-10-21-11-9-14-4-1-5-14/h2,6-7,12,14H,1,3-5,8-11,13,18H2,(H,19,20). The van der Waals surface area contributed by atoms with Crippen molar-refractivity contribution in [3.63, 3.8) is 0 Å². The maximum atomic E-state index is 11.8. The van der Waals surface area contributed by atoms with Crippen molar-refractivity contribution in [2.45, 2.75) is 45.1 Å². The Morgan fingerprint density at radius 3 is 2.90 bits per heavy atom. The molecule has 0 bridgehead atoms. The Labute approximate surface area is 127 Å². The first-order valence-electron chi connectivity index (χ1n) is 7.94. The quantitative estimate of drug-likeness (QED) is 0.687. The molecule has 0 radical (unpaired) electrons. The lowest BCUT2D eigenvalue weighted by atomic mass is 9.83. The summed E-state index contributed by atoms with van der Waals surface area (Å²) in [5.41, 5.74) is 7.42. The molecule has 1 amide bonds. The van der Waals surface area contributed by atoms with Crippen LogP contribution in [0.1, 0.15) is 44.1 Å². The predicted molar refractivity (Wildman–Crippen MR) is 85.0 cm³/mol. The van der Waals surface area contributed by atoms with Crippen molar-refractivity contribution in [1.29, 1.82) is 0 Å². The summed E-state index contributed by atoms with van der Waals surface area (Å²) >= 11 is 0. The van der Waals surface area contributed by atoms with Gasteiger partial charge in [-0.1, -0.05) is 31.4 Å². The molecule has 1 aromatic carbocycles. The van der Waals surface area contributed by atoms with E-state index in [0.717, 1.165) is 30.2 Å². The van der Waals surface area contributed by atoms with E-state index < -0.39 is 0 Å². The van der Waals surface area contributed by atoms with E-state index in [1.54, 1.807) is 0 Å². The minimum atomic E-state index is 0.0340. The maximum absolute atomic E-state index is 11.8. The molecule has 0 spiro atoms. The second-order valence-corrected chi connectivity index (χ2v) is 5.75. The number of nitrogens with two attached hydrogens (primary N) is 1. The van der Waals surface area contributed by atoms with Crippen LogP contribution in [-0.2, 0) is 16.1 Å². The van der Waals surface area contributed by atoms with Gasteiger partial charge in [-0.2, -0.15) is 0 Å². The summed E-state index contributed by atoms with van der Waals surface area (Å²) < 4.78 is 5.58. The number of hydrogen-bond donors (Lipinski definition) is 2. The third kappa shape index (κ3) is 5.86. The second kappa shape index (κ2) is 8.80. The van der Waals surface area contributed by atoms with Crippen LogP contribution in [0.3, 0.4) is 0 Å². The number of nitrogens with one attached hydrogen (secondary N) is 1. The molecular weight excluding hydrogens is 264 g/mol. The highest BCUT2D eigenvalue weighted by Gasteiger charge is 2.16. The summed E-state index contributed by atoms with van der Waals surface area (Å²) in [6.07, 6.45) is 6.57. The van der Waals surface area contributed by atoms with E-state index >= 15 is 0 Å². The highest BCUT2D eigenvalue weighted by Crippen LogP contribution is 2.29. The summed E-state index contributed by atoms with van der Waals surface area (Å²) in [5, 5.41) is 2.89. The molecule has 4 heteroatoms. The van der Waals surface area contributed by atoms with Crippen LogP contribution in [0.2, 0.25) is 0 Å². The van der Waals surface area contributed by atoms with Gasteiger partial charge in [-0.3, -0.25) is 4.79 Å². The minimum absolute atomic E-state index is 0.0340. The summed E-state index contributed by atoms with van der Waals surface area (Å²) in [6.45, 7) is 1.99. The van der Waals surface area contributed by atoms with Crippen molar-refractivity contribution in [3.8, 4) is 0 Å². The van der Waals surface area contributed by atoms with E-state index in [1.807, 2.05) is 24.3 Å². The van der Waals surface area contributed by atoms with Gasteiger partial charge in [-0.05, 0) is 36.5 Å². The van der Waals surface area contributed by atoms with E-state index in [4.69, 9.17) is 10.5 Å². The lowest BCUT2D eigenvalue weighted by Crippen LogP contribution is -2.15. The smallest absolute Gasteiger partial charge is 0.224 e. The Bertz CT molecular complexity index is 444. The number of rotatable bonds is 9. The second-order valence-electron chi connectivity index (χ2n) is 5.75. The predicted octanol–water partition coefficient (Wildman–Crippen LogP) is 3.07. The zero-order valence-corrected chi connectivity index (χ0v) is 12.6. The van der Waals surface area contributed by atoms with E-state index in [1.165, 1.54) is 25.7 Å². The van der Waals surface area contributed by atoms with Crippen LogP contribution >= 0.6 is 0 Å². The van der Waals surface area contributed by atoms with Crippen molar-refractivity contribution in [3.05, 3.63) is 29.8 Å². The lowest BCUT2D eigenvalue weighted by Gasteiger charge is -2.24. The number of amides is 1. The monoisotopic (exact) mass is 290 g/mol. The van der Waals surface area contributed by atoms with Gasteiger partial charge in [0.1, 0.15) is 0 Å². The summed E-state index contributed by atoms with van der Waals surface area (Å²) in [5.74, 6) is 0.926. The highest BCUT2D eigenvalue weighted by atomic mass is 16.5. The van der Waals surface area contributed by atoms with E-state index in [0.29, 0.717) is 19.6 Å². The Hall–Kier alpha value is -1.39. The number of hydrogen-bond acceptors (Lipinski definition) is 3. The molecule has 3 N–H and O–H groups in total. The van der Waals surface area contributed by atoms with Gasteiger partial charge in [0.05, 0.1) is 0 Å². The number of carbonyl (C=O) groups is 1. The molecule has 4 nitrogen and oxygen atoms in total. The molecule has 1 fully saturated rings. The number of anilines is 1. The molecule has 1 aliphatic rings. The molecule has 0 aromatic heterocycles. The Kier molecular flexibility index (Phi) is 6.70. The number of ether oxygens (including phenoxy) is 1. The topological polar surface area (TPSA) is 64.3 Å². The van der Waals surface area contributed by atoms with Gasteiger partial charge in [0.2, 0.25) is 5.91 Å². The Morgan fingerprint density at radius 2 is 2.19 bits per heavy atom. The number of carbonyl (C=O) groups excluding carboxylic acids is 1. The Balaban J connectivity index is 1.54. The van der Waals surface area contributed by atoms with Crippen LogP contribution in [0.5, 0.6) is 0 Å². The van der Waals surface area contributed by atoms with E-state index in [-0.39, 0.29) is 5.91 Å². The summed E-state index contributed by atoms with van der Waals surface area (Å²) in [6, 6.07) is 7.65. The van der Waals surface area contributed by atoms with Gasteiger partial charge >= 0.3 is 0 Å². The average molecular weight is 290 g/mol. The minimum Gasteiger partial charge on any atom is -0.381 e. The lowest BCUT2D eigenvalue weighted by molar-refractivity contribution is -0.116. The van der Waals surface area contributed by atoms with E-state index in [9.17, 15) is 4.79 Å². The SMILES string of the molecule is NCc1cccc(NC(=O)CCCOCCC2CCC2)c1. The summed E-state index contributed by atoms with van der Waals surface area (Å²) in [7, 11) is 0. The first kappa shape index (κ1) is 16.0. The van der Waals surface area contributed by atoms with Crippen molar-refractivity contribution in [2.24, 2.45) is 11.7 Å². The van der Waals surface area contributed by atoms with Gasteiger partial charge in [0, 0.05) is 31.9 Å². The molecule has 0 aliphatic heterocycles. The fourth-order valence-electron chi connectivity index (χ4n) is 2.47. The Morgan fingerprint density at radius 1 is 1.33 bits per heavy atom. The molecule has 116 valence electrons. The molecule has 0 saturated heterocycles. The van der Waals surface area contributed by atoms with Crippen molar-refractivity contribution >= 4 is 11.6 Å². The van der Waals surface area contributed by atoms with Crippen LogP contribution in [-0.4, -0.2) is 19.1 Å². The first-order chi connectivity index (χ1) is 10.3. The largest absolute Gasteiger partial charge is 0.381 e. The van der Waals surface area contributed by atoms with Crippen molar-refractivity contribution < 1.29 is 9.53 Å². The molecule has 1 saturated carbocycles. The van der Waals surface area contributed by atoms with Crippen LogP contribution in [0.25, 0.3) is 0 Å². The fraction of sp³-hybridized carbons (Fsp3) is 0.588. The molecule has 0 heterocycles. The molecule has 1 aliphatic carbocycles. The van der Waals surface area contributed by atoms with Gasteiger partial charge in [0.25, 0.3) is 0 Å². The normalized spacial score (nSPS) is 14.7. The average Bonchev–Trinajstić information content (AvgIpc) is 2.44. The molecule has 0 atom stereocenters. The third-order valence-corrected chi connectivity index (χ3v) is 4.03. The molecule has 2 rings (SSSR count). The van der Waals surface area contributed by atoms with Crippen molar-refractivity contribution in [1.82, 2.24) is 0 Å². The van der Waals surface area contributed by atoms with Crippen LogP contribution in [0, 0.1) is 5.92 Å². The van der Waals surface area contributed by atoms with Gasteiger partial charge < -0.3 is 15.8 Å². The third-order valence-electron chi connectivity index (χ3n) is 4.03. The first-order valence-corrected chi connectivity index (χ1v) is 7.94. The van der Waals surface area contributed by atoms with E-state index in [2.05, 4.69) is 5.32 Å². The molecule has 0 unspecified atom stereocenters. The zero-order chi connectivity index (χ0) is 14.9. The molecular formula is C17H26N2O2. The molecule has 1 aromatic rings. The van der Waals surface area contributed by atoms with Crippen LogP contribution < -0.4 is 11.1 Å². The van der Waals surface area contributed by atoms with Gasteiger partial charge in [-0.15, -0.1) is 0 Å². The van der Waals surface area contributed by atoms with Crippen LogP contribution in [0.15, 0.2) is 24.3 Å². The zero-order valence-electron chi connectivity index (χ0n) is 12.6. The molecule has 21 heavy (non-hydrogen) atoms.